The highest BCUT2D eigenvalue weighted by molar-refractivity contribution is 9.10. The van der Waals surface area contributed by atoms with E-state index in [1.165, 1.54) is 12.1 Å². The van der Waals surface area contributed by atoms with E-state index in [-0.39, 0.29) is 18.0 Å². The van der Waals surface area contributed by atoms with Crippen molar-refractivity contribution in [2.75, 3.05) is 17.2 Å². The van der Waals surface area contributed by atoms with Crippen molar-refractivity contribution in [3.63, 3.8) is 0 Å². The number of carbonyl (C=O) groups is 2. The summed E-state index contributed by atoms with van der Waals surface area (Å²) in [4.78, 5) is 25.0. The van der Waals surface area contributed by atoms with Gasteiger partial charge in [-0.15, -0.1) is 0 Å². The molecule has 30 heavy (non-hydrogen) atoms. The third kappa shape index (κ3) is 5.48. The molecular weight excluding hydrogens is 461 g/mol. The zero-order valence-corrected chi connectivity index (χ0v) is 17.0. The van der Waals surface area contributed by atoms with E-state index in [4.69, 9.17) is 0 Å². The van der Waals surface area contributed by atoms with Crippen molar-refractivity contribution < 1.29 is 22.8 Å². The summed E-state index contributed by atoms with van der Waals surface area (Å²) in [7, 11) is 0. The highest BCUT2D eigenvalue weighted by Crippen LogP contribution is 2.30. The molecule has 8 heteroatoms. The van der Waals surface area contributed by atoms with Crippen LogP contribution in [0.4, 0.5) is 24.5 Å². The van der Waals surface area contributed by atoms with Crippen LogP contribution in [-0.2, 0) is 11.0 Å². The number of halogens is 4. The van der Waals surface area contributed by atoms with Crippen LogP contribution < -0.4 is 10.6 Å². The maximum absolute atomic E-state index is 12.8. The Kier molecular flexibility index (Phi) is 6.56. The largest absolute Gasteiger partial charge is 0.416 e. The molecule has 3 aromatic carbocycles. The molecule has 0 aliphatic rings. The molecule has 0 aliphatic carbocycles. The Morgan fingerprint density at radius 3 is 2.33 bits per heavy atom. The maximum atomic E-state index is 12.8. The molecule has 2 N–H and O–H groups in total. The summed E-state index contributed by atoms with van der Waals surface area (Å²) >= 11 is 3.33. The molecule has 0 unspecified atom stereocenters. The lowest BCUT2D eigenvalue weighted by Gasteiger charge is -2.13. The number of alkyl halides is 3. The molecule has 0 aliphatic heterocycles. The SMILES string of the molecule is O=C(CNc1ccc(Br)cc1C(=O)c1ccccc1)Nc1cccc(C(F)(F)F)c1. The van der Waals surface area contributed by atoms with Crippen LogP contribution in [-0.4, -0.2) is 18.2 Å². The van der Waals surface area contributed by atoms with Gasteiger partial charge in [-0.2, -0.15) is 13.2 Å². The number of nitrogens with one attached hydrogen (secondary N) is 2. The topological polar surface area (TPSA) is 58.2 Å². The first kappa shape index (κ1) is 21.6. The van der Waals surface area contributed by atoms with Crippen LogP contribution in [0.3, 0.4) is 0 Å². The van der Waals surface area contributed by atoms with Gasteiger partial charge in [-0.05, 0) is 36.4 Å². The lowest BCUT2D eigenvalue weighted by Crippen LogP contribution is -2.23. The Balaban J connectivity index is 1.72. The molecule has 3 aromatic rings. The van der Waals surface area contributed by atoms with E-state index in [1.54, 1.807) is 48.5 Å². The molecule has 0 heterocycles. The van der Waals surface area contributed by atoms with Gasteiger partial charge in [0.1, 0.15) is 0 Å². The van der Waals surface area contributed by atoms with E-state index < -0.39 is 17.6 Å². The molecule has 154 valence electrons. The molecule has 4 nitrogen and oxygen atoms in total. The summed E-state index contributed by atoms with van der Waals surface area (Å²) in [5, 5.41) is 5.30. The Hall–Kier alpha value is -3.13. The van der Waals surface area contributed by atoms with Crippen LogP contribution in [0.1, 0.15) is 21.5 Å². The minimum Gasteiger partial charge on any atom is -0.376 e. The maximum Gasteiger partial charge on any atom is 0.416 e. The van der Waals surface area contributed by atoms with Crippen molar-refractivity contribution in [2.24, 2.45) is 0 Å². The smallest absolute Gasteiger partial charge is 0.376 e. The van der Waals surface area contributed by atoms with Crippen LogP contribution in [0.5, 0.6) is 0 Å². The van der Waals surface area contributed by atoms with Crippen LogP contribution in [0.2, 0.25) is 0 Å². The van der Waals surface area contributed by atoms with E-state index in [0.29, 0.717) is 21.3 Å². The third-order valence-corrected chi connectivity index (χ3v) is 4.67. The van der Waals surface area contributed by atoms with Gasteiger partial charge in [0.2, 0.25) is 5.91 Å². The normalized spacial score (nSPS) is 11.1. The second-order valence-corrected chi connectivity index (χ2v) is 7.28. The van der Waals surface area contributed by atoms with Gasteiger partial charge >= 0.3 is 6.18 Å². The van der Waals surface area contributed by atoms with E-state index >= 15 is 0 Å². The molecular formula is C22H16BrF3N2O2. The van der Waals surface area contributed by atoms with Gasteiger partial charge in [0, 0.05) is 27.0 Å². The fourth-order valence-electron chi connectivity index (χ4n) is 2.76. The monoisotopic (exact) mass is 476 g/mol. The van der Waals surface area contributed by atoms with Crippen molar-refractivity contribution in [1.29, 1.82) is 0 Å². The second kappa shape index (κ2) is 9.13. The van der Waals surface area contributed by atoms with Gasteiger partial charge in [0.05, 0.1) is 12.1 Å². The van der Waals surface area contributed by atoms with E-state index in [2.05, 4.69) is 26.6 Å². The van der Waals surface area contributed by atoms with E-state index in [0.717, 1.165) is 12.1 Å². The first-order chi connectivity index (χ1) is 14.2. The van der Waals surface area contributed by atoms with Crippen LogP contribution in [0, 0.1) is 0 Å². The number of benzene rings is 3. The number of ketones is 1. The summed E-state index contributed by atoms with van der Waals surface area (Å²) < 4.78 is 39.1. The molecule has 0 aromatic heterocycles. The Morgan fingerprint density at radius 1 is 0.900 bits per heavy atom. The predicted octanol–water partition coefficient (Wildman–Crippen LogP) is 5.75. The lowest BCUT2D eigenvalue weighted by molar-refractivity contribution is -0.137. The van der Waals surface area contributed by atoms with Gasteiger partial charge in [-0.25, -0.2) is 0 Å². The number of hydrogen-bond acceptors (Lipinski definition) is 3. The van der Waals surface area contributed by atoms with Crippen molar-refractivity contribution in [3.05, 3.63) is 94.0 Å². The fourth-order valence-corrected chi connectivity index (χ4v) is 3.12. The van der Waals surface area contributed by atoms with E-state index in [1.807, 2.05) is 0 Å². The lowest BCUT2D eigenvalue weighted by atomic mass is 10.0. The molecule has 0 radical (unpaired) electrons. The van der Waals surface area contributed by atoms with Gasteiger partial charge < -0.3 is 10.6 Å². The molecule has 0 spiro atoms. The number of hydrogen-bond donors (Lipinski definition) is 2. The molecule has 3 rings (SSSR count). The van der Waals surface area contributed by atoms with Gasteiger partial charge in [0.15, 0.2) is 5.78 Å². The summed E-state index contributed by atoms with van der Waals surface area (Å²) in [6.07, 6.45) is -4.50. The Morgan fingerprint density at radius 2 is 1.63 bits per heavy atom. The summed E-state index contributed by atoms with van der Waals surface area (Å²) in [6, 6.07) is 18.1. The molecule has 0 atom stereocenters. The first-order valence-corrected chi connectivity index (χ1v) is 9.63. The van der Waals surface area contributed by atoms with Gasteiger partial charge in [0.25, 0.3) is 0 Å². The standard InChI is InChI=1S/C22H16BrF3N2O2/c23-16-9-10-19(18(12-16)21(30)14-5-2-1-3-6-14)27-13-20(29)28-17-8-4-7-15(11-17)22(24,25)26/h1-12,27H,13H2,(H,28,29). The minimum absolute atomic E-state index is 0.0352. The number of anilines is 2. The average Bonchev–Trinajstić information content (AvgIpc) is 2.72. The van der Waals surface area contributed by atoms with Gasteiger partial charge in [-0.1, -0.05) is 52.3 Å². The molecule has 0 saturated heterocycles. The fraction of sp³-hybridized carbons (Fsp3) is 0.0909. The van der Waals surface area contributed by atoms with Crippen molar-refractivity contribution in [2.45, 2.75) is 6.18 Å². The third-order valence-electron chi connectivity index (χ3n) is 4.18. The highest BCUT2D eigenvalue weighted by Gasteiger charge is 2.30. The van der Waals surface area contributed by atoms with Crippen LogP contribution in [0.15, 0.2) is 77.3 Å². The number of rotatable bonds is 6. The molecule has 0 bridgehead atoms. The van der Waals surface area contributed by atoms with Crippen molar-refractivity contribution in [3.8, 4) is 0 Å². The Labute approximate surface area is 179 Å². The zero-order chi connectivity index (χ0) is 21.7. The van der Waals surface area contributed by atoms with Crippen molar-refractivity contribution in [1.82, 2.24) is 0 Å². The molecule has 0 fully saturated rings. The van der Waals surface area contributed by atoms with E-state index in [9.17, 15) is 22.8 Å². The average molecular weight is 477 g/mol. The number of carbonyl (C=O) groups excluding carboxylic acids is 2. The highest BCUT2D eigenvalue weighted by atomic mass is 79.9. The van der Waals surface area contributed by atoms with Gasteiger partial charge in [-0.3, -0.25) is 9.59 Å². The Bertz CT molecular complexity index is 1070. The molecule has 1 amide bonds. The van der Waals surface area contributed by atoms with Crippen LogP contribution >= 0.6 is 15.9 Å². The summed E-state index contributed by atoms with van der Waals surface area (Å²) in [5.41, 5.74) is 0.477. The minimum atomic E-state index is -4.50. The number of amides is 1. The van der Waals surface area contributed by atoms with Crippen molar-refractivity contribution >= 4 is 39.0 Å². The zero-order valence-electron chi connectivity index (χ0n) is 15.5. The first-order valence-electron chi connectivity index (χ1n) is 8.84. The summed E-state index contributed by atoms with van der Waals surface area (Å²) in [5.74, 6) is -0.770. The van der Waals surface area contributed by atoms with Crippen LogP contribution in [0.25, 0.3) is 0 Å². The quantitative estimate of drug-likeness (QED) is 0.445. The predicted molar refractivity (Wildman–Crippen MR) is 113 cm³/mol. The second-order valence-electron chi connectivity index (χ2n) is 6.37. The summed E-state index contributed by atoms with van der Waals surface area (Å²) in [6.45, 7) is -0.229. The molecule has 0 saturated carbocycles.